The lowest BCUT2D eigenvalue weighted by atomic mass is 10.2. The van der Waals surface area contributed by atoms with Crippen LogP contribution in [-0.2, 0) is 21.2 Å². The zero-order valence-electron chi connectivity index (χ0n) is 15.6. The fourth-order valence-corrected chi connectivity index (χ4v) is 4.52. The lowest BCUT2D eigenvalue weighted by molar-refractivity contribution is -0.137. The number of hydrogen-bond donors (Lipinski definition) is 1. The zero-order valence-corrected chi connectivity index (χ0v) is 16.4. The maximum absolute atomic E-state index is 13.2. The van der Waals surface area contributed by atoms with E-state index >= 15 is 0 Å². The van der Waals surface area contributed by atoms with E-state index in [1.165, 1.54) is 26.4 Å². The van der Waals surface area contributed by atoms with Crippen molar-refractivity contribution in [2.45, 2.75) is 29.2 Å². The minimum absolute atomic E-state index is 0.00417. The van der Waals surface area contributed by atoms with E-state index in [1.807, 2.05) is 0 Å². The Labute approximate surface area is 163 Å². The molecule has 0 aliphatic heterocycles. The van der Waals surface area contributed by atoms with Crippen molar-refractivity contribution in [1.29, 1.82) is 0 Å². The van der Waals surface area contributed by atoms with Crippen molar-refractivity contribution in [3.8, 4) is 11.5 Å². The van der Waals surface area contributed by atoms with Gasteiger partial charge in [-0.25, -0.2) is 8.42 Å². The van der Waals surface area contributed by atoms with Gasteiger partial charge in [-0.05, 0) is 42.8 Å². The largest absolute Gasteiger partial charge is 0.497 e. The quantitative estimate of drug-likeness (QED) is 0.620. The van der Waals surface area contributed by atoms with Crippen LogP contribution < -0.4 is 9.47 Å². The molecule has 28 heavy (non-hydrogen) atoms. The summed E-state index contributed by atoms with van der Waals surface area (Å²) in [4.78, 5) is 11.2. The van der Waals surface area contributed by atoms with E-state index in [2.05, 4.69) is 0 Å². The number of carboxylic acid groups (broad SMARTS) is 1. The Morgan fingerprint density at radius 1 is 1.04 bits per heavy atom. The molecule has 2 aromatic carbocycles. The molecule has 1 N–H and O–H groups in total. The van der Waals surface area contributed by atoms with Crippen LogP contribution in [0.3, 0.4) is 0 Å². The van der Waals surface area contributed by atoms with E-state index < -0.39 is 15.8 Å². The van der Waals surface area contributed by atoms with Gasteiger partial charge in [0.2, 0.25) is 9.84 Å². The second-order valence-electron chi connectivity index (χ2n) is 6.25. The highest BCUT2D eigenvalue weighted by Gasteiger charge is 2.24. The molecule has 0 radical (unpaired) electrons. The van der Waals surface area contributed by atoms with Crippen LogP contribution in [0.15, 0.2) is 58.5 Å². The smallest absolute Gasteiger partial charge is 0.303 e. The summed E-state index contributed by atoms with van der Waals surface area (Å²) in [7, 11) is -0.713. The second kappa shape index (κ2) is 7.93. The van der Waals surface area contributed by atoms with Crippen LogP contribution in [0, 0.1) is 0 Å². The van der Waals surface area contributed by atoms with Gasteiger partial charge in [-0.15, -0.1) is 0 Å². The molecule has 7 nitrogen and oxygen atoms in total. The molecular weight excluding hydrogens is 382 g/mol. The average molecular weight is 403 g/mol. The topological polar surface area (TPSA) is 94.8 Å². The normalized spacial score (nSPS) is 11.5. The van der Waals surface area contributed by atoms with Gasteiger partial charge in [0, 0.05) is 30.6 Å². The van der Waals surface area contributed by atoms with Gasteiger partial charge in [-0.2, -0.15) is 0 Å². The number of carboxylic acids is 1. The molecule has 0 saturated carbocycles. The molecule has 1 heterocycles. The third kappa shape index (κ3) is 3.82. The van der Waals surface area contributed by atoms with Crippen LogP contribution in [0.5, 0.6) is 11.5 Å². The van der Waals surface area contributed by atoms with Crippen LogP contribution in [0.1, 0.15) is 12.8 Å². The Kier molecular flexibility index (Phi) is 5.60. The molecule has 0 fully saturated rings. The number of nitrogens with zero attached hydrogens (tertiary/aromatic N) is 1. The van der Waals surface area contributed by atoms with E-state index in [0.717, 1.165) is 0 Å². The Balaban J connectivity index is 2.09. The Morgan fingerprint density at radius 2 is 1.68 bits per heavy atom. The average Bonchev–Trinajstić information content (AvgIpc) is 3.06. The van der Waals surface area contributed by atoms with E-state index in [4.69, 9.17) is 14.6 Å². The molecule has 0 aliphatic rings. The summed E-state index contributed by atoms with van der Waals surface area (Å²) in [6, 6.07) is 11.4. The number of carbonyl (C=O) groups is 1. The number of fused-ring (bicyclic) bond motifs is 1. The molecule has 0 aliphatic carbocycles. The van der Waals surface area contributed by atoms with E-state index in [0.29, 0.717) is 35.4 Å². The van der Waals surface area contributed by atoms with Crippen LogP contribution in [-0.4, -0.2) is 38.3 Å². The number of aliphatic carboxylic acids is 1. The molecule has 0 spiro atoms. The summed E-state index contributed by atoms with van der Waals surface area (Å²) < 4.78 is 38.5. The first-order chi connectivity index (χ1) is 13.4. The van der Waals surface area contributed by atoms with Crippen LogP contribution >= 0.6 is 0 Å². The van der Waals surface area contributed by atoms with Crippen molar-refractivity contribution >= 4 is 26.7 Å². The standard InChI is InChI=1S/C20H21NO6S/c1-26-14-5-8-16(9-6-14)28(24,25)19-13-21(11-3-4-20(22)23)18-12-15(27-2)7-10-17(18)19/h5-10,12-13H,3-4,11H2,1-2H3,(H,22,23). The number of rotatable bonds is 8. The zero-order chi connectivity index (χ0) is 20.3. The highest BCUT2D eigenvalue weighted by molar-refractivity contribution is 7.91. The van der Waals surface area contributed by atoms with Crippen molar-refractivity contribution in [1.82, 2.24) is 4.57 Å². The second-order valence-corrected chi connectivity index (χ2v) is 8.16. The first kappa shape index (κ1) is 19.8. The lowest BCUT2D eigenvalue weighted by Gasteiger charge is -2.05. The van der Waals surface area contributed by atoms with Gasteiger partial charge in [-0.3, -0.25) is 4.79 Å². The molecule has 0 atom stereocenters. The first-order valence-corrected chi connectivity index (χ1v) is 10.1. The van der Waals surface area contributed by atoms with Gasteiger partial charge in [0.05, 0.1) is 29.5 Å². The van der Waals surface area contributed by atoms with E-state index in [9.17, 15) is 13.2 Å². The predicted octanol–water partition coefficient (Wildman–Crippen LogP) is 3.36. The van der Waals surface area contributed by atoms with Gasteiger partial charge in [0.25, 0.3) is 0 Å². The summed E-state index contributed by atoms with van der Waals surface area (Å²) in [6.07, 6.45) is 1.95. The van der Waals surface area contributed by atoms with Crippen LogP contribution in [0.4, 0.5) is 0 Å². The first-order valence-electron chi connectivity index (χ1n) is 8.64. The molecule has 0 unspecified atom stereocenters. The van der Waals surface area contributed by atoms with Gasteiger partial charge < -0.3 is 19.1 Å². The Hall–Kier alpha value is -3.00. The van der Waals surface area contributed by atoms with Gasteiger partial charge in [0.1, 0.15) is 11.5 Å². The van der Waals surface area contributed by atoms with Crippen molar-refractivity contribution in [2.75, 3.05) is 14.2 Å². The molecule has 148 valence electrons. The number of aromatic nitrogens is 1. The van der Waals surface area contributed by atoms with Gasteiger partial charge >= 0.3 is 5.97 Å². The number of sulfone groups is 1. The minimum Gasteiger partial charge on any atom is -0.497 e. The molecule has 3 rings (SSSR count). The maximum Gasteiger partial charge on any atom is 0.303 e. The van der Waals surface area contributed by atoms with Gasteiger partial charge in [-0.1, -0.05) is 0 Å². The Morgan fingerprint density at radius 3 is 2.29 bits per heavy atom. The monoisotopic (exact) mass is 403 g/mol. The summed E-state index contributed by atoms with van der Waals surface area (Å²) in [5, 5.41) is 9.44. The third-order valence-electron chi connectivity index (χ3n) is 4.50. The third-order valence-corrected chi connectivity index (χ3v) is 6.30. The van der Waals surface area contributed by atoms with Crippen molar-refractivity contribution in [2.24, 2.45) is 0 Å². The minimum atomic E-state index is -3.76. The predicted molar refractivity (Wildman–Crippen MR) is 104 cm³/mol. The highest BCUT2D eigenvalue weighted by atomic mass is 32.2. The highest BCUT2D eigenvalue weighted by Crippen LogP contribution is 2.33. The summed E-state index contributed by atoms with van der Waals surface area (Å²) in [6.45, 7) is 0.383. The Bertz CT molecular complexity index is 1100. The van der Waals surface area contributed by atoms with E-state index in [1.54, 1.807) is 41.1 Å². The fraction of sp³-hybridized carbons (Fsp3) is 0.250. The number of aryl methyl sites for hydroxylation is 1. The molecule has 1 aromatic heterocycles. The molecule has 0 bridgehead atoms. The van der Waals surface area contributed by atoms with Crippen molar-refractivity contribution < 1.29 is 27.8 Å². The molecule has 3 aromatic rings. The van der Waals surface area contributed by atoms with Crippen LogP contribution in [0.25, 0.3) is 10.9 Å². The van der Waals surface area contributed by atoms with E-state index in [-0.39, 0.29) is 16.2 Å². The fourth-order valence-electron chi connectivity index (χ4n) is 3.05. The summed E-state index contributed by atoms with van der Waals surface area (Å²) in [5.74, 6) is 0.276. The summed E-state index contributed by atoms with van der Waals surface area (Å²) >= 11 is 0. The summed E-state index contributed by atoms with van der Waals surface area (Å²) in [5.41, 5.74) is 0.678. The van der Waals surface area contributed by atoms with Crippen LogP contribution in [0.2, 0.25) is 0 Å². The number of hydrogen-bond acceptors (Lipinski definition) is 5. The number of methoxy groups -OCH3 is 2. The maximum atomic E-state index is 13.2. The number of ether oxygens (including phenoxy) is 2. The molecular formula is C20H21NO6S. The van der Waals surface area contributed by atoms with Gasteiger partial charge in [0.15, 0.2) is 0 Å². The molecule has 8 heteroatoms. The SMILES string of the molecule is COc1ccc(S(=O)(=O)c2cn(CCCC(=O)O)c3cc(OC)ccc23)cc1. The molecule has 0 amide bonds. The molecule has 0 saturated heterocycles. The van der Waals surface area contributed by atoms with Crippen molar-refractivity contribution in [3.05, 3.63) is 48.7 Å². The number of benzene rings is 2. The lowest BCUT2D eigenvalue weighted by Crippen LogP contribution is -2.03. The van der Waals surface area contributed by atoms with Crippen molar-refractivity contribution in [3.63, 3.8) is 0 Å².